The summed E-state index contributed by atoms with van der Waals surface area (Å²) in [5, 5.41) is 0. The molecule has 21 heavy (non-hydrogen) atoms. The van der Waals surface area contributed by atoms with Crippen LogP contribution in [0, 0.1) is 0 Å². The molecule has 0 aliphatic rings. The number of hydrogen-bond acceptors (Lipinski definition) is 3. The van der Waals surface area contributed by atoms with E-state index < -0.39 is 0 Å². The monoisotopic (exact) mass is 364 g/mol. The molecule has 0 unspecified atom stereocenters. The summed E-state index contributed by atoms with van der Waals surface area (Å²) in [7, 11) is 2.03. The molecule has 0 aromatic heterocycles. The molecule has 0 bridgehead atoms. The van der Waals surface area contributed by atoms with Crippen LogP contribution < -0.4 is 15.4 Å². The van der Waals surface area contributed by atoms with Crippen molar-refractivity contribution < 1.29 is 4.74 Å². The number of anilines is 1. The van der Waals surface area contributed by atoms with E-state index in [-0.39, 0.29) is 0 Å². The number of thiocarbonyl (C=S) groups is 1. The molecule has 2 rings (SSSR count). The van der Waals surface area contributed by atoms with Crippen molar-refractivity contribution in [3.05, 3.63) is 58.6 Å². The average Bonchev–Trinajstić information content (AvgIpc) is 2.47. The van der Waals surface area contributed by atoms with Crippen LogP contribution in [0.25, 0.3) is 0 Å². The predicted octanol–water partition coefficient (Wildman–Crippen LogP) is 3.60. The highest BCUT2D eigenvalue weighted by Gasteiger charge is 2.03. The summed E-state index contributed by atoms with van der Waals surface area (Å²) < 4.78 is 6.74. The molecule has 3 nitrogen and oxygen atoms in total. The third-order valence-corrected chi connectivity index (χ3v) is 3.81. The molecule has 0 spiro atoms. The molecular formula is C16H17BrN2OS. The Bertz CT molecular complexity index is 616. The lowest BCUT2D eigenvalue weighted by Crippen LogP contribution is -2.23. The van der Waals surface area contributed by atoms with E-state index in [9.17, 15) is 0 Å². The minimum Gasteiger partial charge on any atom is -0.492 e. The largest absolute Gasteiger partial charge is 0.492 e. The molecule has 2 aromatic carbocycles. The number of rotatable bonds is 6. The van der Waals surface area contributed by atoms with Crippen LogP contribution in [0.2, 0.25) is 0 Å². The van der Waals surface area contributed by atoms with Crippen LogP contribution >= 0.6 is 28.1 Å². The highest BCUT2D eigenvalue weighted by atomic mass is 79.9. The normalized spacial score (nSPS) is 10.2. The van der Waals surface area contributed by atoms with E-state index >= 15 is 0 Å². The number of ether oxygens (including phenoxy) is 1. The van der Waals surface area contributed by atoms with Crippen molar-refractivity contribution >= 4 is 38.8 Å². The van der Waals surface area contributed by atoms with Crippen molar-refractivity contribution in [2.45, 2.75) is 0 Å². The van der Waals surface area contributed by atoms with Gasteiger partial charge in [-0.05, 0) is 42.5 Å². The summed E-state index contributed by atoms with van der Waals surface area (Å²) >= 11 is 8.37. The van der Waals surface area contributed by atoms with Crippen LogP contribution in [-0.4, -0.2) is 25.2 Å². The first-order valence-electron chi connectivity index (χ1n) is 6.55. The topological polar surface area (TPSA) is 38.5 Å². The molecular weight excluding hydrogens is 348 g/mol. The van der Waals surface area contributed by atoms with E-state index in [1.807, 2.05) is 55.6 Å². The van der Waals surface area contributed by atoms with Gasteiger partial charge in [-0.2, -0.15) is 0 Å². The molecule has 5 heteroatoms. The first kappa shape index (κ1) is 15.8. The van der Waals surface area contributed by atoms with Gasteiger partial charge in [0.1, 0.15) is 17.3 Å². The Morgan fingerprint density at radius 3 is 2.57 bits per heavy atom. The molecule has 0 radical (unpaired) electrons. The second kappa shape index (κ2) is 7.43. The summed E-state index contributed by atoms with van der Waals surface area (Å²) in [5.41, 5.74) is 7.58. The maximum atomic E-state index is 5.73. The van der Waals surface area contributed by atoms with Gasteiger partial charge in [-0.25, -0.2) is 0 Å². The number of hydrogen-bond donors (Lipinski definition) is 1. The lowest BCUT2D eigenvalue weighted by molar-refractivity contribution is 0.326. The van der Waals surface area contributed by atoms with Crippen molar-refractivity contribution in [1.82, 2.24) is 0 Å². The Morgan fingerprint density at radius 2 is 1.95 bits per heavy atom. The lowest BCUT2D eigenvalue weighted by Gasteiger charge is -2.19. The first-order valence-corrected chi connectivity index (χ1v) is 7.76. The molecule has 2 aromatic rings. The van der Waals surface area contributed by atoms with Crippen LogP contribution in [0.5, 0.6) is 5.75 Å². The number of halogens is 1. The van der Waals surface area contributed by atoms with Gasteiger partial charge in [0.2, 0.25) is 0 Å². The summed E-state index contributed by atoms with van der Waals surface area (Å²) in [6.07, 6.45) is 0. The van der Waals surface area contributed by atoms with Crippen LogP contribution in [0.4, 0.5) is 5.69 Å². The second-order valence-corrected chi connectivity index (χ2v) is 5.99. The SMILES string of the molecule is CN(CCOc1cccc(Br)c1)c1ccc(C(N)=S)cc1. The standard InChI is InChI=1S/C16H17BrN2OS/c1-19(14-7-5-12(6-8-14)16(18)21)9-10-20-15-4-2-3-13(17)11-15/h2-8,11H,9-10H2,1H3,(H2,18,21). The fourth-order valence-electron chi connectivity index (χ4n) is 1.87. The molecule has 2 N–H and O–H groups in total. The van der Waals surface area contributed by atoms with Gasteiger partial charge >= 0.3 is 0 Å². The number of benzene rings is 2. The van der Waals surface area contributed by atoms with E-state index in [0.717, 1.165) is 28.0 Å². The molecule has 0 fully saturated rings. The Labute approximate surface area is 138 Å². The average molecular weight is 365 g/mol. The number of likely N-dealkylation sites (N-methyl/N-ethyl adjacent to an activating group) is 1. The lowest BCUT2D eigenvalue weighted by atomic mass is 10.2. The van der Waals surface area contributed by atoms with Crippen molar-refractivity contribution in [3.63, 3.8) is 0 Å². The minimum absolute atomic E-state index is 0.419. The Balaban J connectivity index is 1.86. The van der Waals surface area contributed by atoms with E-state index in [2.05, 4.69) is 20.8 Å². The predicted molar refractivity (Wildman–Crippen MR) is 95.2 cm³/mol. The fourth-order valence-corrected chi connectivity index (χ4v) is 2.38. The summed E-state index contributed by atoms with van der Waals surface area (Å²) in [4.78, 5) is 2.55. The van der Waals surface area contributed by atoms with Gasteiger partial charge in [-0.3, -0.25) is 0 Å². The van der Waals surface area contributed by atoms with E-state index in [0.29, 0.717) is 11.6 Å². The van der Waals surface area contributed by atoms with Gasteiger partial charge in [-0.1, -0.05) is 34.2 Å². The fraction of sp³-hybridized carbons (Fsp3) is 0.188. The second-order valence-electron chi connectivity index (χ2n) is 4.64. The Morgan fingerprint density at radius 1 is 1.24 bits per heavy atom. The highest BCUT2D eigenvalue weighted by Crippen LogP contribution is 2.18. The third-order valence-electron chi connectivity index (χ3n) is 3.08. The van der Waals surface area contributed by atoms with Crippen molar-refractivity contribution in [2.24, 2.45) is 5.73 Å². The van der Waals surface area contributed by atoms with Crippen molar-refractivity contribution in [1.29, 1.82) is 0 Å². The Hall–Kier alpha value is -1.59. The quantitative estimate of drug-likeness (QED) is 0.794. The third kappa shape index (κ3) is 4.72. The zero-order valence-corrected chi connectivity index (χ0v) is 14.2. The smallest absolute Gasteiger partial charge is 0.120 e. The van der Waals surface area contributed by atoms with Gasteiger partial charge < -0.3 is 15.4 Å². The van der Waals surface area contributed by atoms with Gasteiger partial charge in [0, 0.05) is 22.8 Å². The van der Waals surface area contributed by atoms with Gasteiger partial charge in [0.15, 0.2) is 0 Å². The van der Waals surface area contributed by atoms with Crippen LogP contribution in [0.3, 0.4) is 0 Å². The minimum atomic E-state index is 0.419. The highest BCUT2D eigenvalue weighted by molar-refractivity contribution is 9.10. The van der Waals surface area contributed by atoms with Crippen molar-refractivity contribution in [2.75, 3.05) is 25.1 Å². The van der Waals surface area contributed by atoms with Crippen molar-refractivity contribution in [3.8, 4) is 5.75 Å². The maximum absolute atomic E-state index is 5.73. The molecule has 0 heterocycles. The van der Waals surface area contributed by atoms with Crippen LogP contribution in [0.15, 0.2) is 53.0 Å². The van der Waals surface area contributed by atoms with Gasteiger partial charge in [0.05, 0.1) is 6.54 Å². The molecule has 110 valence electrons. The molecule has 0 aliphatic heterocycles. The number of nitrogens with two attached hydrogens (primary N) is 1. The molecule has 0 saturated carbocycles. The van der Waals surface area contributed by atoms with E-state index in [1.165, 1.54) is 0 Å². The summed E-state index contributed by atoms with van der Waals surface area (Å²) in [5.74, 6) is 0.863. The summed E-state index contributed by atoms with van der Waals surface area (Å²) in [6.45, 7) is 1.41. The zero-order chi connectivity index (χ0) is 15.2. The van der Waals surface area contributed by atoms with E-state index in [4.69, 9.17) is 22.7 Å². The zero-order valence-electron chi connectivity index (χ0n) is 11.8. The molecule has 0 amide bonds. The maximum Gasteiger partial charge on any atom is 0.120 e. The molecule has 0 atom stereocenters. The van der Waals surface area contributed by atoms with Crippen LogP contribution in [0.1, 0.15) is 5.56 Å². The molecule has 0 saturated heterocycles. The number of nitrogens with zero attached hydrogens (tertiary/aromatic N) is 1. The molecule has 0 aliphatic carbocycles. The summed E-state index contributed by atoms with van der Waals surface area (Å²) in [6, 6.07) is 15.7. The first-order chi connectivity index (χ1) is 10.1. The van der Waals surface area contributed by atoms with Gasteiger partial charge in [0.25, 0.3) is 0 Å². The van der Waals surface area contributed by atoms with E-state index in [1.54, 1.807) is 0 Å². The van der Waals surface area contributed by atoms with Gasteiger partial charge in [-0.15, -0.1) is 0 Å². The van der Waals surface area contributed by atoms with Crippen LogP contribution in [-0.2, 0) is 0 Å². The Kier molecular flexibility index (Phi) is 5.59.